The van der Waals surface area contributed by atoms with Gasteiger partial charge in [-0.15, -0.1) is 0 Å². The van der Waals surface area contributed by atoms with Gasteiger partial charge in [-0.25, -0.2) is 0 Å². The Morgan fingerprint density at radius 1 is 1.56 bits per heavy atom. The fourth-order valence-corrected chi connectivity index (χ4v) is 1.94. The molecular weight excluding hydrogens is 204 g/mol. The monoisotopic (exact) mass is 228 g/mol. The van der Waals surface area contributed by atoms with Crippen LogP contribution < -0.4 is 5.32 Å². The molecule has 0 spiro atoms. The van der Waals surface area contributed by atoms with Crippen LogP contribution in [0.1, 0.15) is 33.1 Å². The maximum Gasteiger partial charge on any atom is 0.322 e. The Morgan fingerprint density at radius 3 is 2.62 bits per heavy atom. The zero-order chi connectivity index (χ0) is 12.1. The number of hydrogen-bond donors (Lipinski definition) is 2. The molecule has 1 rings (SSSR count). The van der Waals surface area contributed by atoms with Crippen LogP contribution >= 0.6 is 0 Å². The molecule has 2 N–H and O–H groups in total. The first-order chi connectivity index (χ1) is 7.56. The van der Waals surface area contributed by atoms with Gasteiger partial charge in [-0.05, 0) is 45.7 Å². The van der Waals surface area contributed by atoms with E-state index in [0.717, 1.165) is 18.9 Å². The van der Waals surface area contributed by atoms with Crippen LogP contribution in [-0.4, -0.2) is 48.2 Å². The van der Waals surface area contributed by atoms with Gasteiger partial charge in [0.1, 0.15) is 6.04 Å². The van der Waals surface area contributed by atoms with Crippen LogP contribution in [0.2, 0.25) is 0 Å². The summed E-state index contributed by atoms with van der Waals surface area (Å²) in [5, 5.41) is 12.2. The Bertz CT molecular complexity index is 229. The number of likely N-dealkylation sites (N-methyl/N-ethyl adjacent to an activating group) is 1. The second-order valence-corrected chi connectivity index (χ2v) is 4.86. The van der Waals surface area contributed by atoms with Crippen molar-refractivity contribution in [2.75, 3.05) is 20.1 Å². The van der Waals surface area contributed by atoms with Gasteiger partial charge in [-0.1, -0.05) is 6.92 Å². The second-order valence-electron chi connectivity index (χ2n) is 4.86. The molecule has 1 aliphatic carbocycles. The molecule has 2 atom stereocenters. The number of aliphatic carboxylic acids is 1. The standard InChI is InChI=1S/C12H24N2O2/c1-4-7-13-11(12(15)16)8-14(3)9(2)10-5-6-10/h9-11,13H,4-8H2,1-3H3,(H,15,16). The minimum Gasteiger partial charge on any atom is -0.480 e. The van der Waals surface area contributed by atoms with Crippen molar-refractivity contribution >= 4 is 5.97 Å². The molecule has 1 aliphatic rings. The summed E-state index contributed by atoms with van der Waals surface area (Å²) in [5.41, 5.74) is 0. The van der Waals surface area contributed by atoms with Gasteiger partial charge < -0.3 is 15.3 Å². The molecular formula is C12H24N2O2. The number of nitrogens with zero attached hydrogens (tertiary/aromatic N) is 1. The highest BCUT2D eigenvalue weighted by Gasteiger charge is 2.32. The highest BCUT2D eigenvalue weighted by atomic mass is 16.4. The predicted octanol–water partition coefficient (Wildman–Crippen LogP) is 1.17. The first-order valence-corrected chi connectivity index (χ1v) is 6.22. The first-order valence-electron chi connectivity index (χ1n) is 6.22. The summed E-state index contributed by atoms with van der Waals surface area (Å²) in [6.07, 6.45) is 3.56. The van der Waals surface area contributed by atoms with Crippen LogP contribution in [0.3, 0.4) is 0 Å². The normalized spacial score (nSPS) is 19.8. The molecule has 94 valence electrons. The predicted molar refractivity (Wildman–Crippen MR) is 64.5 cm³/mol. The summed E-state index contributed by atoms with van der Waals surface area (Å²) in [6, 6.07) is 0.0661. The smallest absolute Gasteiger partial charge is 0.322 e. The van der Waals surface area contributed by atoms with Crippen molar-refractivity contribution in [1.82, 2.24) is 10.2 Å². The van der Waals surface area contributed by atoms with Crippen LogP contribution in [0.25, 0.3) is 0 Å². The van der Waals surface area contributed by atoms with E-state index in [2.05, 4.69) is 17.1 Å². The maximum atomic E-state index is 11.1. The first kappa shape index (κ1) is 13.5. The lowest BCUT2D eigenvalue weighted by molar-refractivity contribution is -0.140. The molecule has 0 aliphatic heterocycles. The Labute approximate surface area is 98.0 Å². The molecule has 0 bridgehead atoms. The number of carboxylic acids is 1. The molecule has 4 heteroatoms. The number of nitrogens with one attached hydrogen (secondary N) is 1. The van der Waals surface area contributed by atoms with E-state index in [9.17, 15) is 4.79 Å². The third-order valence-corrected chi connectivity index (χ3v) is 3.41. The zero-order valence-electron chi connectivity index (χ0n) is 10.6. The fourth-order valence-electron chi connectivity index (χ4n) is 1.94. The van der Waals surface area contributed by atoms with Gasteiger partial charge in [-0.3, -0.25) is 4.79 Å². The lowest BCUT2D eigenvalue weighted by atomic mass is 10.1. The minimum absolute atomic E-state index is 0.439. The molecule has 0 aromatic carbocycles. The van der Waals surface area contributed by atoms with E-state index >= 15 is 0 Å². The molecule has 0 aromatic rings. The molecule has 16 heavy (non-hydrogen) atoms. The van der Waals surface area contributed by atoms with Crippen LogP contribution in [-0.2, 0) is 4.79 Å². The molecule has 0 aromatic heterocycles. The second kappa shape index (κ2) is 6.21. The average Bonchev–Trinajstić information content (AvgIpc) is 3.05. The number of carbonyl (C=O) groups is 1. The van der Waals surface area contributed by atoms with Gasteiger partial charge >= 0.3 is 5.97 Å². The van der Waals surface area contributed by atoms with Gasteiger partial charge in [-0.2, -0.15) is 0 Å². The summed E-state index contributed by atoms with van der Waals surface area (Å²) in [6.45, 7) is 5.59. The van der Waals surface area contributed by atoms with Crippen LogP contribution in [0.15, 0.2) is 0 Å². The minimum atomic E-state index is -0.747. The number of carboxylic acid groups (broad SMARTS) is 1. The van der Waals surface area contributed by atoms with Crippen LogP contribution in [0, 0.1) is 5.92 Å². The fraction of sp³-hybridized carbons (Fsp3) is 0.917. The largest absolute Gasteiger partial charge is 0.480 e. The van der Waals surface area contributed by atoms with Crippen molar-refractivity contribution in [3.63, 3.8) is 0 Å². The van der Waals surface area contributed by atoms with Gasteiger partial charge in [0.25, 0.3) is 0 Å². The van der Waals surface area contributed by atoms with Crippen LogP contribution in [0.5, 0.6) is 0 Å². The summed E-state index contributed by atoms with van der Waals surface area (Å²) in [5.74, 6) is 0.0360. The highest BCUT2D eigenvalue weighted by molar-refractivity contribution is 5.73. The lowest BCUT2D eigenvalue weighted by Crippen LogP contribution is -2.47. The molecule has 1 saturated carbocycles. The van der Waals surface area contributed by atoms with E-state index in [-0.39, 0.29) is 0 Å². The van der Waals surface area contributed by atoms with Crippen LogP contribution in [0.4, 0.5) is 0 Å². The third-order valence-electron chi connectivity index (χ3n) is 3.41. The molecule has 0 amide bonds. The SMILES string of the molecule is CCCNC(CN(C)C(C)C1CC1)C(=O)O. The van der Waals surface area contributed by atoms with Crippen molar-refractivity contribution in [1.29, 1.82) is 0 Å². The maximum absolute atomic E-state index is 11.1. The van der Waals surface area contributed by atoms with Crippen molar-refractivity contribution in [2.24, 2.45) is 5.92 Å². The van der Waals surface area contributed by atoms with E-state index in [1.807, 2.05) is 14.0 Å². The van der Waals surface area contributed by atoms with Crippen molar-refractivity contribution in [3.8, 4) is 0 Å². The van der Waals surface area contributed by atoms with Gasteiger partial charge in [0.15, 0.2) is 0 Å². The van der Waals surface area contributed by atoms with Gasteiger partial charge in [0.05, 0.1) is 0 Å². The van der Waals surface area contributed by atoms with E-state index in [0.29, 0.717) is 12.6 Å². The molecule has 1 fully saturated rings. The van der Waals surface area contributed by atoms with E-state index < -0.39 is 12.0 Å². The molecule has 2 unspecified atom stereocenters. The topological polar surface area (TPSA) is 52.6 Å². The van der Waals surface area contributed by atoms with Crippen molar-refractivity contribution in [2.45, 2.75) is 45.2 Å². The Kier molecular flexibility index (Phi) is 5.22. The highest BCUT2D eigenvalue weighted by Crippen LogP contribution is 2.34. The Morgan fingerprint density at radius 2 is 2.19 bits per heavy atom. The van der Waals surface area contributed by atoms with E-state index in [1.165, 1.54) is 12.8 Å². The third kappa shape index (κ3) is 4.10. The summed E-state index contributed by atoms with van der Waals surface area (Å²) < 4.78 is 0. The van der Waals surface area contributed by atoms with Crippen molar-refractivity contribution < 1.29 is 9.90 Å². The zero-order valence-corrected chi connectivity index (χ0v) is 10.6. The molecule has 0 radical (unpaired) electrons. The van der Waals surface area contributed by atoms with Gasteiger partial charge in [0.2, 0.25) is 0 Å². The summed E-state index contributed by atoms with van der Waals surface area (Å²) in [7, 11) is 2.02. The van der Waals surface area contributed by atoms with E-state index in [1.54, 1.807) is 0 Å². The average molecular weight is 228 g/mol. The quantitative estimate of drug-likeness (QED) is 0.655. The number of hydrogen-bond acceptors (Lipinski definition) is 3. The Balaban J connectivity index is 2.36. The molecule has 4 nitrogen and oxygen atoms in total. The van der Waals surface area contributed by atoms with E-state index in [4.69, 9.17) is 5.11 Å². The Hall–Kier alpha value is -0.610. The lowest BCUT2D eigenvalue weighted by Gasteiger charge is -2.27. The van der Waals surface area contributed by atoms with Gasteiger partial charge in [0, 0.05) is 12.6 Å². The molecule has 0 heterocycles. The van der Waals surface area contributed by atoms with Crippen molar-refractivity contribution in [3.05, 3.63) is 0 Å². The summed E-state index contributed by atoms with van der Waals surface area (Å²) in [4.78, 5) is 13.2. The summed E-state index contributed by atoms with van der Waals surface area (Å²) >= 11 is 0. The molecule has 0 saturated heterocycles. The number of rotatable bonds is 8.